The molecule has 6 heteroatoms. The third-order valence-electron chi connectivity index (χ3n) is 3.44. The summed E-state index contributed by atoms with van der Waals surface area (Å²) in [5.74, 6) is -0.660. The second-order valence-electron chi connectivity index (χ2n) is 5.05. The van der Waals surface area contributed by atoms with Gasteiger partial charge < -0.3 is 5.32 Å². The van der Waals surface area contributed by atoms with E-state index in [9.17, 15) is 12.8 Å². The number of sulfonamides is 1. The first-order valence-corrected chi connectivity index (χ1v) is 8.49. The fourth-order valence-corrected chi connectivity index (χ4v) is 3.90. The molecule has 1 aromatic carbocycles. The van der Waals surface area contributed by atoms with E-state index in [1.54, 1.807) is 6.07 Å². The Morgan fingerprint density at radius 1 is 1.30 bits per heavy atom. The molecule has 0 unspecified atom stereocenters. The van der Waals surface area contributed by atoms with Gasteiger partial charge in [-0.15, -0.1) is 0 Å². The van der Waals surface area contributed by atoms with Crippen molar-refractivity contribution in [3.8, 4) is 0 Å². The van der Waals surface area contributed by atoms with E-state index in [-0.39, 0.29) is 4.90 Å². The monoisotopic (exact) mass is 300 g/mol. The molecule has 1 saturated heterocycles. The van der Waals surface area contributed by atoms with E-state index in [2.05, 4.69) is 12.2 Å². The highest BCUT2D eigenvalue weighted by atomic mass is 32.2. The van der Waals surface area contributed by atoms with Crippen molar-refractivity contribution in [2.75, 3.05) is 19.6 Å². The molecule has 0 aliphatic carbocycles. The van der Waals surface area contributed by atoms with Gasteiger partial charge in [0.25, 0.3) is 0 Å². The molecule has 0 aromatic heterocycles. The molecule has 0 atom stereocenters. The molecule has 0 bridgehead atoms. The molecule has 4 nitrogen and oxygen atoms in total. The zero-order valence-electron chi connectivity index (χ0n) is 11.7. The van der Waals surface area contributed by atoms with Gasteiger partial charge in [0.15, 0.2) is 0 Å². The Morgan fingerprint density at radius 2 is 2.00 bits per heavy atom. The first-order chi connectivity index (χ1) is 9.55. The van der Waals surface area contributed by atoms with Gasteiger partial charge in [0.1, 0.15) is 10.7 Å². The molecule has 0 amide bonds. The highest BCUT2D eigenvalue weighted by molar-refractivity contribution is 7.89. The quantitative estimate of drug-likeness (QED) is 0.819. The lowest BCUT2D eigenvalue weighted by Crippen LogP contribution is -2.28. The van der Waals surface area contributed by atoms with Crippen LogP contribution in [0.15, 0.2) is 23.1 Å². The number of nitrogens with zero attached hydrogens (tertiary/aromatic N) is 1. The van der Waals surface area contributed by atoms with E-state index in [4.69, 9.17) is 0 Å². The van der Waals surface area contributed by atoms with Gasteiger partial charge in [-0.1, -0.05) is 13.0 Å². The Hall–Kier alpha value is -0.980. The summed E-state index contributed by atoms with van der Waals surface area (Å²) in [7, 11) is -3.67. The molecule has 20 heavy (non-hydrogen) atoms. The average molecular weight is 300 g/mol. The summed E-state index contributed by atoms with van der Waals surface area (Å²) in [6.45, 7) is 4.44. The minimum atomic E-state index is -3.67. The van der Waals surface area contributed by atoms with Crippen molar-refractivity contribution in [3.05, 3.63) is 29.6 Å². The summed E-state index contributed by atoms with van der Waals surface area (Å²) in [4.78, 5) is -0.210. The predicted molar refractivity (Wildman–Crippen MR) is 76.4 cm³/mol. The van der Waals surface area contributed by atoms with Gasteiger partial charge in [-0.25, -0.2) is 12.8 Å². The molecule has 0 radical (unpaired) electrons. The van der Waals surface area contributed by atoms with Crippen molar-refractivity contribution in [1.82, 2.24) is 9.62 Å². The normalized spacial score (nSPS) is 16.7. The third-order valence-corrected chi connectivity index (χ3v) is 5.37. The van der Waals surface area contributed by atoms with E-state index in [0.717, 1.165) is 31.4 Å². The van der Waals surface area contributed by atoms with E-state index in [1.807, 2.05) is 0 Å². The van der Waals surface area contributed by atoms with Crippen LogP contribution in [0, 0.1) is 5.82 Å². The number of hydrogen-bond acceptors (Lipinski definition) is 3. The van der Waals surface area contributed by atoms with Crippen LogP contribution in [0.4, 0.5) is 4.39 Å². The van der Waals surface area contributed by atoms with Gasteiger partial charge in [0, 0.05) is 19.6 Å². The first-order valence-electron chi connectivity index (χ1n) is 7.05. The number of hydrogen-bond donors (Lipinski definition) is 1. The third kappa shape index (κ3) is 3.37. The van der Waals surface area contributed by atoms with Gasteiger partial charge in [-0.3, -0.25) is 0 Å². The van der Waals surface area contributed by atoms with Crippen molar-refractivity contribution < 1.29 is 12.8 Å². The second-order valence-corrected chi connectivity index (χ2v) is 6.96. The van der Waals surface area contributed by atoms with E-state index < -0.39 is 15.8 Å². The summed E-state index contributed by atoms with van der Waals surface area (Å²) < 4.78 is 40.0. The Balaban J connectivity index is 2.16. The fraction of sp³-hybridized carbons (Fsp3) is 0.571. The van der Waals surface area contributed by atoms with Crippen LogP contribution in [0.1, 0.15) is 31.7 Å². The number of nitrogens with one attached hydrogen (secondary N) is 1. The fourth-order valence-electron chi connectivity index (χ4n) is 2.34. The molecule has 1 N–H and O–H groups in total. The SMILES string of the molecule is CCCNCc1ccc(S(=O)(=O)N2CCCC2)c(F)c1. The summed E-state index contributed by atoms with van der Waals surface area (Å²) in [5.41, 5.74) is 0.760. The lowest BCUT2D eigenvalue weighted by atomic mass is 10.2. The maximum atomic E-state index is 14.1. The van der Waals surface area contributed by atoms with Crippen LogP contribution < -0.4 is 5.32 Å². The minimum Gasteiger partial charge on any atom is -0.313 e. The number of rotatable bonds is 6. The first kappa shape index (κ1) is 15.4. The zero-order chi connectivity index (χ0) is 14.6. The van der Waals surface area contributed by atoms with Crippen LogP contribution in [0.3, 0.4) is 0 Å². The molecule has 1 aliphatic rings. The largest absolute Gasteiger partial charge is 0.313 e. The van der Waals surface area contributed by atoms with Gasteiger partial charge in [0.2, 0.25) is 10.0 Å². The van der Waals surface area contributed by atoms with Crippen LogP contribution >= 0.6 is 0 Å². The lowest BCUT2D eigenvalue weighted by Gasteiger charge is -2.16. The Labute approximate surface area is 120 Å². The lowest BCUT2D eigenvalue weighted by molar-refractivity contribution is 0.469. The van der Waals surface area contributed by atoms with Crippen LogP contribution in [0.2, 0.25) is 0 Å². The molecule has 1 aromatic rings. The minimum absolute atomic E-state index is 0.210. The van der Waals surface area contributed by atoms with Crippen molar-refractivity contribution in [3.63, 3.8) is 0 Å². The van der Waals surface area contributed by atoms with Gasteiger partial charge >= 0.3 is 0 Å². The highest BCUT2D eigenvalue weighted by Crippen LogP contribution is 2.23. The Kier molecular flexibility index (Phi) is 5.12. The summed E-state index contributed by atoms with van der Waals surface area (Å²) in [6.07, 6.45) is 2.70. The van der Waals surface area contributed by atoms with Crippen LogP contribution in [0.25, 0.3) is 0 Å². The van der Waals surface area contributed by atoms with Crippen LogP contribution in [-0.2, 0) is 16.6 Å². The van der Waals surface area contributed by atoms with Crippen molar-refractivity contribution in [1.29, 1.82) is 0 Å². The zero-order valence-corrected chi connectivity index (χ0v) is 12.5. The Bertz CT molecular complexity index is 554. The van der Waals surface area contributed by atoms with Crippen molar-refractivity contribution in [2.45, 2.75) is 37.6 Å². The maximum absolute atomic E-state index is 14.1. The number of benzene rings is 1. The predicted octanol–water partition coefficient (Wildman–Crippen LogP) is 2.11. The van der Waals surface area contributed by atoms with Gasteiger partial charge in [-0.05, 0) is 43.5 Å². The summed E-state index contributed by atoms with van der Waals surface area (Å²) in [6, 6.07) is 4.37. The van der Waals surface area contributed by atoms with Gasteiger partial charge in [-0.2, -0.15) is 4.31 Å². The second kappa shape index (κ2) is 6.65. The standard InChI is InChI=1S/C14H21FN2O2S/c1-2-7-16-11-12-5-6-14(13(15)10-12)20(18,19)17-8-3-4-9-17/h5-6,10,16H,2-4,7-9,11H2,1H3. The molecule has 2 rings (SSSR count). The Morgan fingerprint density at radius 3 is 2.60 bits per heavy atom. The van der Waals surface area contributed by atoms with E-state index in [0.29, 0.717) is 19.6 Å². The van der Waals surface area contributed by atoms with Crippen LogP contribution in [0.5, 0.6) is 0 Å². The molecule has 1 heterocycles. The molecule has 0 spiro atoms. The maximum Gasteiger partial charge on any atom is 0.245 e. The molecule has 1 aliphatic heterocycles. The summed E-state index contributed by atoms with van der Waals surface area (Å²) >= 11 is 0. The average Bonchev–Trinajstić information content (AvgIpc) is 2.93. The molecular weight excluding hydrogens is 279 g/mol. The van der Waals surface area contributed by atoms with Crippen molar-refractivity contribution >= 4 is 10.0 Å². The smallest absolute Gasteiger partial charge is 0.245 e. The topological polar surface area (TPSA) is 49.4 Å². The van der Waals surface area contributed by atoms with Crippen LogP contribution in [-0.4, -0.2) is 32.4 Å². The van der Waals surface area contributed by atoms with E-state index in [1.165, 1.54) is 16.4 Å². The highest BCUT2D eigenvalue weighted by Gasteiger charge is 2.29. The van der Waals surface area contributed by atoms with Crippen molar-refractivity contribution in [2.24, 2.45) is 0 Å². The molecule has 1 fully saturated rings. The van der Waals surface area contributed by atoms with Gasteiger partial charge in [0.05, 0.1) is 0 Å². The molecule has 0 saturated carbocycles. The molecular formula is C14H21FN2O2S. The molecule has 112 valence electrons. The number of halogens is 1. The summed E-state index contributed by atoms with van der Waals surface area (Å²) in [5, 5.41) is 3.17. The van der Waals surface area contributed by atoms with E-state index >= 15 is 0 Å².